The predicted octanol–water partition coefficient (Wildman–Crippen LogP) is 2.65. The Morgan fingerprint density at radius 2 is 2.38 bits per heavy atom. The maximum atomic E-state index is 11.4. The molecule has 1 aliphatic heterocycles. The largest absolute Gasteiger partial charge is 0.356 e. The van der Waals surface area contributed by atoms with Crippen molar-refractivity contribution in [2.45, 2.75) is 19.8 Å². The van der Waals surface area contributed by atoms with Gasteiger partial charge >= 0.3 is 0 Å². The minimum absolute atomic E-state index is 0.180. The normalized spacial score (nSPS) is 20.9. The number of Topliss-reactive ketones (excluding diaryl/α,β-unsaturated/α-hetero) is 1. The van der Waals surface area contributed by atoms with Gasteiger partial charge < -0.3 is 4.90 Å². The molecule has 0 N–H and O–H groups in total. The summed E-state index contributed by atoms with van der Waals surface area (Å²) in [5, 5.41) is 0. The lowest BCUT2D eigenvalue weighted by Crippen LogP contribution is -2.38. The molecule has 0 saturated carbocycles. The molecule has 16 heavy (non-hydrogen) atoms. The minimum atomic E-state index is 0.180. The number of pyridine rings is 1. The van der Waals surface area contributed by atoms with E-state index in [0.717, 1.165) is 36.2 Å². The highest BCUT2D eigenvalue weighted by Crippen LogP contribution is 2.22. The number of hydrogen-bond donors (Lipinski definition) is 0. The summed E-state index contributed by atoms with van der Waals surface area (Å²) in [7, 11) is 0. The third-order valence-electron chi connectivity index (χ3n) is 3.03. The van der Waals surface area contributed by atoms with Crippen LogP contribution in [-0.2, 0) is 4.79 Å². The van der Waals surface area contributed by atoms with Crippen LogP contribution in [0.25, 0.3) is 0 Å². The summed E-state index contributed by atoms with van der Waals surface area (Å²) in [5.74, 6) is 1.44. The van der Waals surface area contributed by atoms with Gasteiger partial charge in [-0.25, -0.2) is 4.98 Å². The Labute approximate surface area is 104 Å². The van der Waals surface area contributed by atoms with Crippen LogP contribution in [0.1, 0.15) is 19.8 Å². The Balaban J connectivity index is 2.09. The Kier molecular flexibility index (Phi) is 3.59. The van der Waals surface area contributed by atoms with E-state index in [2.05, 4.69) is 25.8 Å². The molecule has 1 atom stereocenters. The first-order chi connectivity index (χ1) is 7.66. The van der Waals surface area contributed by atoms with Crippen LogP contribution in [0.3, 0.4) is 0 Å². The van der Waals surface area contributed by atoms with Crippen molar-refractivity contribution in [1.29, 1.82) is 0 Å². The van der Waals surface area contributed by atoms with Crippen LogP contribution in [0.5, 0.6) is 0 Å². The molecular formula is C12H15BrN2O. The van der Waals surface area contributed by atoms with Gasteiger partial charge in [-0.05, 0) is 47.8 Å². The second-order valence-electron chi connectivity index (χ2n) is 4.23. The van der Waals surface area contributed by atoms with E-state index in [9.17, 15) is 4.79 Å². The highest BCUT2D eigenvalue weighted by Gasteiger charge is 2.23. The topological polar surface area (TPSA) is 33.2 Å². The van der Waals surface area contributed by atoms with Crippen LogP contribution in [0.2, 0.25) is 0 Å². The molecular weight excluding hydrogens is 268 g/mol. The zero-order valence-corrected chi connectivity index (χ0v) is 10.9. The number of carbonyl (C=O) groups excluding carboxylic acids is 1. The molecule has 0 radical (unpaired) electrons. The maximum Gasteiger partial charge on any atom is 0.134 e. The Morgan fingerprint density at radius 3 is 3.00 bits per heavy atom. The van der Waals surface area contributed by atoms with Crippen LogP contribution in [0, 0.1) is 5.92 Å². The monoisotopic (exact) mass is 282 g/mol. The molecule has 0 amide bonds. The SMILES string of the molecule is CC(=O)C1CCCN(c2ccc(Br)cn2)C1. The number of aromatic nitrogens is 1. The van der Waals surface area contributed by atoms with Crippen LogP contribution in [0.4, 0.5) is 5.82 Å². The van der Waals surface area contributed by atoms with Crippen LogP contribution in [0.15, 0.2) is 22.8 Å². The van der Waals surface area contributed by atoms with Crippen molar-refractivity contribution in [3.8, 4) is 0 Å². The van der Waals surface area contributed by atoms with Gasteiger partial charge in [0.2, 0.25) is 0 Å². The third kappa shape index (κ3) is 2.61. The summed E-state index contributed by atoms with van der Waals surface area (Å²) in [4.78, 5) is 17.9. The first-order valence-corrected chi connectivity index (χ1v) is 6.33. The zero-order chi connectivity index (χ0) is 11.5. The van der Waals surface area contributed by atoms with Gasteiger partial charge in [0.15, 0.2) is 0 Å². The van der Waals surface area contributed by atoms with E-state index in [-0.39, 0.29) is 5.92 Å². The van der Waals surface area contributed by atoms with Crippen molar-refractivity contribution in [1.82, 2.24) is 4.98 Å². The van der Waals surface area contributed by atoms with Crippen molar-refractivity contribution in [3.05, 3.63) is 22.8 Å². The van der Waals surface area contributed by atoms with Crippen LogP contribution in [-0.4, -0.2) is 23.9 Å². The fourth-order valence-electron chi connectivity index (χ4n) is 2.07. The maximum absolute atomic E-state index is 11.4. The van der Waals surface area contributed by atoms with Crippen molar-refractivity contribution in [3.63, 3.8) is 0 Å². The van der Waals surface area contributed by atoms with Gasteiger partial charge in [0.25, 0.3) is 0 Å². The van der Waals surface area contributed by atoms with Gasteiger partial charge in [-0.2, -0.15) is 0 Å². The van der Waals surface area contributed by atoms with Crippen molar-refractivity contribution < 1.29 is 4.79 Å². The van der Waals surface area contributed by atoms with E-state index in [1.807, 2.05) is 12.1 Å². The second kappa shape index (κ2) is 4.95. The molecule has 1 aromatic rings. The summed E-state index contributed by atoms with van der Waals surface area (Å²) in [6, 6.07) is 3.98. The summed E-state index contributed by atoms with van der Waals surface area (Å²) < 4.78 is 0.983. The van der Waals surface area contributed by atoms with Gasteiger partial charge in [0, 0.05) is 29.7 Å². The summed E-state index contributed by atoms with van der Waals surface area (Å²) >= 11 is 3.37. The quantitative estimate of drug-likeness (QED) is 0.836. The molecule has 1 unspecified atom stereocenters. The Hall–Kier alpha value is -0.900. The van der Waals surface area contributed by atoms with Gasteiger partial charge in [0.05, 0.1) is 0 Å². The molecule has 4 heteroatoms. The average molecular weight is 283 g/mol. The van der Waals surface area contributed by atoms with E-state index in [0.29, 0.717) is 5.78 Å². The summed E-state index contributed by atoms with van der Waals surface area (Å²) in [5.41, 5.74) is 0. The molecule has 0 bridgehead atoms. The number of rotatable bonds is 2. The molecule has 2 heterocycles. The number of nitrogens with zero attached hydrogens (tertiary/aromatic N) is 2. The third-order valence-corrected chi connectivity index (χ3v) is 3.50. The standard InChI is InChI=1S/C12H15BrN2O/c1-9(16)10-3-2-6-15(8-10)12-5-4-11(13)7-14-12/h4-5,7,10H,2-3,6,8H2,1H3. The van der Waals surface area contributed by atoms with Gasteiger partial charge in [-0.1, -0.05) is 0 Å². The van der Waals surface area contributed by atoms with E-state index >= 15 is 0 Å². The lowest BCUT2D eigenvalue weighted by molar-refractivity contribution is -0.120. The summed E-state index contributed by atoms with van der Waals surface area (Å²) in [6.07, 6.45) is 3.89. The smallest absolute Gasteiger partial charge is 0.134 e. The summed E-state index contributed by atoms with van der Waals surface area (Å²) in [6.45, 7) is 3.49. The lowest BCUT2D eigenvalue weighted by Gasteiger charge is -2.32. The Morgan fingerprint density at radius 1 is 1.56 bits per heavy atom. The van der Waals surface area contributed by atoms with Gasteiger partial charge in [-0.3, -0.25) is 4.79 Å². The first kappa shape index (κ1) is 11.6. The Bertz CT molecular complexity index is 377. The fourth-order valence-corrected chi connectivity index (χ4v) is 2.31. The first-order valence-electron chi connectivity index (χ1n) is 5.54. The number of hydrogen-bond acceptors (Lipinski definition) is 3. The number of ketones is 1. The van der Waals surface area contributed by atoms with E-state index in [1.165, 1.54) is 0 Å². The van der Waals surface area contributed by atoms with Crippen molar-refractivity contribution in [2.24, 2.45) is 5.92 Å². The predicted molar refractivity (Wildman–Crippen MR) is 67.6 cm³/mol. The molecule has 3 nitrogen and oxygen atoms in total. The number of piperidine rings is 1. The van der Waals surface area contributed by atoms with Gasteiger partial charge in [0.1, 0.15) is 11.6 Å². The zero-order valence-electron chi connectivity index (χ0n) is 9.32. The second-order valence-corrected chi connectivity index (χ2v) is 5.15. The van der Waals surface area contributed by atoms with E-state index in [4.69, 9.17) is 0 Å². The van der Waals surface area contributed by atoms with Crippen molar-refractivity contribution >= 4 is 27.5 Å². The molecule has 1 fully saturated rings. The van der Waals surface area contributed by atoms with E-state index < -0.39 is 0 Å². The van der Waals surface area contributed by atoms with Crippen LogP contribution >= 0.6 is 15.9 Å². The molecule has 0 spiro atoms. The highest BCUT2D eigenvalue weighted by atomic mass is 79.9. The van der Waals surface area contributed by atoms with Crippen molar-refractivity contribution in [2.75, 3.05) is 18.0 Å². The average Bonchev–Trinajstić information content (AvgIpc) is 2.30. The number of carbonyl (C=O) groups is 1. The van der Waals surface area contributed by atoms with Crippen LogP contribution < -0.4 is 4.90 Å². The fraction of sp³-hybridized carbons (Fsp3) is 0.500. The molecule has 0 aromatic carbocycles. The molecule has 0 aliphatic carbocycles. The molecule has 1 aromatic heterocycles. The highest BCUT2D eigenvalue weighted by molar-refractivity contribution is 9.10. The molecule has 1 saturated heterocycles. The number of halogens is 1. The van der Waals surface area contributed by atoms with Gasteiger partial charge in [-0.15, -0.1) is 0 Å². The number of anilines is 1. The molecule has 2 rings (SSSR count). The molecule has 86 valence electrons. The minimum Gasteiger partial charge on any atom is -0.356 e. The lowest BCUT2D eigenvalue weighted by atomic mass is 9.95. The van der Waals surface area contributed by atoms with E-state index in [1.54, 1.807) is 13.1 Å². The molecule has 1 aliphatic rings.